The Labute approximate surface area is 214 Å². The summed E-state index contributed by atoms with van der Waals surface area (Å²) < 4.78 is 15.7. The molecule has 1 aliphatic heterocycles. The number of amidine groups is 1. The molecule has 36 heavy (non-hydrogen) atoms. The van der Waals surface area contributed by atoms with Gasteiger partial charge in [0, 0.05) is 11.4 Å². The SMILES string of the molecule is CCOC(=O)c1c(C)[nH]c(/C=C2\SC(=Nc3ccc(OC)cc3)N(c3ccc(OC)cc3)C2=O)c1C. The minimum Gasteiger partial charge on any atom is -0.497 e. The highest BCUT2D eigenvalue weighted by Gasteiger charge is 2.35. The van der Waals surface area contributed by atoms with Gasteiger partial charge in [-0.15, -0.1) is 0 Å². The Morgan fingerprint density at radius 2 is 1.64 bits per heavy atom. The summed E-state index contributed by atoms with van der Waals surface area (Å²) in [5, 5.41) is 0.508. The number of thioether (sulfide) groups is 1. The maximum atomic E-state index is 13.6. The molecule has 8 nitrogen and oxygen atoms in total. The minimum absolute atomic E-state index is 0.221. The molecule has 2 heterocycles. The topological polar surface area (TPSA) is 93.2 Å². The van der Waals surface area contributed by atoms with Crippen LogP contribution in [0, 0.1) is 13.8 Å². The van der Waals surface area contributed by atoms with Gasteiger partial charge in [-0.2, -0.15) is 0 Å². The molecule has 0 unspecified atom stereocenters. The lowest BCUT2D eigenvalue weighted by Gasteiger charge is -2.16. The number of ether oxygens (including phenoxy) is 3. The predicted molar refractivity (Wildman–Crippen MR) is 142 cm³/mol. The summed E-state index contributed by atoms with van der Waals surface area (Å²) >= 11 is 1.26. The van der Waals surface area contributed by atoms with Crippen molar-refractivity contribution >= 4 is 46.3 Å². The molecule has 186 valence electrons. The standard InChI is InChI=1S/C27H27N3O5S/c1-6-35-26(32)24-16(2)22(28-17(24)3)15-23-25(31)30(19-9-13-21(34-5)14-10-19)27(36-23)29-18-7-11-20(33-4)12-8-18/h7-15,28H,6H2,1-5H3/b23-15-,29-27?. The molecule has 1 fully saturated rings. The van der Waals surface area contributed by atoms with E-state index in [0.29, 0.717) is 44.1 Å². The zero-order chi connectivity index (χ0) is 25.8. The largest absolute Gasteiger partial charge is 0.497 e. The van der Waals surface area contributed by atoms with Crippen LogP contribution in [0.2, 0.25) is 0 Å². The van der Waals surface area contributed by atoms with Crippen LogP contribution in [0.4, 0.5) is 11.4 Å². The zero-order valence-corrected chi connectivity index (χ0v) is 21.6. The number of amides is 1. The fraction of sp³-hybridized carbons (Fsp3) is 0.222. The van der Waals surface area contributed by atoms with Crippen LogP contribution in [0.15, 0.2) is 58.4 Å². The molecule has 0 atom stereocenters. The second kappa shape index (κ2) is 10.7. The Hall–Kier alpha value is -3.98. The van der Waals surface area contributed by atoms with Gasteiger partial charge in [-0.05, 0) is 92.7 Å². The number of H-pyrrole nitrogens is 1. The molecule has 1 amide bonds. The molecule has 0 aliphatic carbocycles. The Morgan fingerprint density at radius 1 is 1.03 bits per heavy atom. The van der Waals surface area contributed by atoms with Crippen molar-refractivity contribution in [3.8, 4) is 11.5 Å². The first-order chi connectivity index (χ1) is 17.4. The first-order valence-electron chi connectivity index (χ1n) is 11.3. The van der Waals surface area contributed by atoms with Crippen LogP contribution in [0.25, 0.3) is 6.08 Å². The molecule has 1 saturated heterocycles. The van der Waals surface area contributed by atoms with E-state index in [-0.39, 0.29) is 18.5 Å². The molecule has 1 aliphatic rings. The number of aliphatic imine (C=N–C) groups is 1. The maximum Gasteiger partial charge on any atom is 0.340 e. The van der Waals surface area contributed by atoms with Gasteiger partial charge in [0.2, 0.25) is 0 Å². The molecule has 0 bridgehead atoms. The molecule has 9 heteroatoms. The van der Waals surface area contributed by atoms with Crippen molar-refractivity contribution in [3.05, 3.63) is 76.0 Å². The van der Waals surface area contributed by atoms with Crippen LogP contribution >= 0.6 is 11.8 Å². The van der Waals surface area contributed by atoms with Crippen molar-refractivity contribution in [2.45, 2.75) is 20.8 Å². The van der Waals surface area contributed by atoms with Crippen molar-refractivity contribution in [1.82, 2.24) is 4.98 Å². The number of esters is 1. The van der Waals surface area contributed by atoms with Gasteiger partial charge < -0.3 is 19.2 Å². The van der Waals surface area contributed by atoms with E-state index in [1.165, 1.54) is 11.8 Å². The molecule has 0 saturated carbocycles. The number of hydrogen-bond donors (Lipinski definition) is 1. The van der Waals surface area contributed by atoms with Gasteiger partial charge in [0.05, 0.1) is 42.7 Å². The van der Waals surface area contributed by atoms with Gasteiger partial charge in [0.25, 0.3) is 5.91 Å². The molecule has 4 rings (SSSR count). The summed E-state index contributed by atoms with van der Waals surface area (Å²) in [4.78, 5) is 36.0. The van der Waals surface area contributed by atoms with E-state index in [1.54, 1.807) is 44.3 Å². The number of nitrogens with zero attached hydrogens (tertiary/aromatic N) is 2. The summed E-state index contributed by atoms with van der Waals surface area (Å²) in [6.07, 6.45) is 1.76. The summed E-state index contributed by atoms with van der Waals surface area (Å²) in [7, 11) is 3.20. The van der Waals surface area contributed by atoms with Crippen molar-refractivity contribution in [2.75, 3.05) is 25.7 Å². The van der Waals surface area contributed by atoms with Crippen molar-refractivity contribution in [3.63, 3.8) is 0 Å². The van der Waals surface area contributed by atoms with E-state index in [2.05, 4.69) is 4.98 Å². The first kappa shape index (κ1) is 25.1. The van der Waals surface area contributed by atoms with Crippen LogP contribution in [0.1, 0.15) is 34.2 Å². The van der Waals surface area contributed by atoms with Gasteiger partial charge in [-0.25, -0.2) is 9.79 Å². The molecule has 3 aromatic rings. The quantitative estimate of drug-likeness (QED) is 0.330. The Kier molecular flexibility index (Phi) is 7.49. The highest BCUT2D eigenvalue weighted by molar-refractivity contribution is 8.19. The summed E-state index contributed by atoms with van der Waals surface area (Å²) in [6, 6.07) is 14.5. The number of aromatic amines is 1. The lowest BCUT2D eigenvalue weighted by molar-refractivity contribution is -0.113. The van der Waals surface area contributed by atoms with Gasteiger partial charge in [0.1, 0.15) is 11.5 Å². The molecule has 0 spiro atoms. The van der Waals surface area contributed by atoms with Gasteiger partial charge in [-0.3, -0.25) is 9.69 Å². The predicted octanol–water partition coefficient (Wildman–Crippen LogP) is 5.63. The van der Waals surface area contributed by atoms with Gasteiger partial charge >= 0.3 is 5.97 Å². The van der Waals surface area contributed by atoms with E-state index in [4.69, 9.17) is 19.2 Å². The van der Waals surface area contributed by atoms with E-state index in [9.17, 15) is 9.59 Å². The Bertz CT molecular complexity index is 1340. The maximum absolute atomic E-state index is 13.6. The number of rotatable bonds is 7. The number of carbonyl (C=O) groups excluding carboxylic acids is 2. The number of methoxy groups -OCH3 is 2. The Balaban J connectivity index is 1.75. The minimum atomic E-state index is -0.389. The highest BCUT2D eigenvalue weighted by atomic mass is 32.2. The number of benzene rings is 2. The van der Waals surface area contributed by atoms with Crippen LogP contribution in [-0.4, -0.2) is 42.9 Å². The molecular weight excluding hydrogens is 478 g/mol. The normalized spacial score (nSPS) is 15.6. The van der Waals surface area contributed by atoms with Crippen LogP contribution in [-0.2, 0) is 9.53 Å². The second-order valence-corrected chi connectivity index (χ2v) is 8.93. The van der Waals surface area contributed by atoms with Gasteiger partial charge in [-0.1, -0.05) is 0 Å². The third-order valence-electron chi connectivity index (χ3n) is 5.67. The number of carbonyl (C=O) groups is 2. The summed E-state index contributed by atoms with van der Waals surface area (Å²) in [6.45, 7) is 5.70. The fourth-order valence-corrected chi connectivity index (χ4v) is 4.82. The van der Waals surface area contributed by atoms with Crippen molar-refractivity contribution in [2.24, 2.45) is 4.99 Å². The molecule has 1 aromatic heterocycles. The number of aryl methyl sites for hydroxylation is 1. The third kappa shape index (κ3) is 5.01. The average molecular weight is 506 g/mol. The van der Waals surface area contributed by atoms with E-state index in [1.807, 2.05) is 50.2 Å². The summed E-state index contributed by atoms with van der Waals surface area (Å²) in [5.41, 5.74) is 3.92. The number of nitrogens with one attached hydrogen (secondary N) is 1. The molecular formula is C27H27N3O5S. The summed E-state index contributed by atoms with van der Waals surface area (Å²) in [5.74, 6) is 0.797. The highest BCUT2D eigenvalue weighted by Crippen LogP contribution is 2.38. The van der Waals surface area contributed by atoms with E-state index < -0.39 is 0 Å². The van der Waals surface area contributed by atoms with Crippen molar-refractivity contribution in [1.29, 1.82) is 0 Å². The number of aromatic nitrogens is 1. The van der Waals surface area contributed by atoms with E-state index in [0.717, 1.165) is 11.3 Å². The lowest BCUT2D eigenvalue weighted by Crippen LogP contribution is -2.28. The number of hydrogen-bond acceptors (Lipinski definition) is 7. The van der Waals surface area contributed by atoms with Gasteiger partial charge in [0.15, 0.2) is 5.17 Å². The van der Waals surface area contributed by atoms with Crippen molar-refractivity contribution < 1.29 is 23.8 Å². The number of anilines is 1. The monoisotopic (exact) mass is 505 g/mol. The lowest BCUT2D eigenvalue weighted by atomic mass is 10.1. The Morgan fingerprint density at radius 3 is 2.22 bits per heavy atom. The molecule has 2 aromatic carbocycles. The fourth-order valence-electron chi connectivity index (χ4n) is 3.83. The third-order valence-corrected chi connectivity index (χ3v) is 6.63. The average Bonchev–Trinajstić information content (AvgIpc) is 3.34. The molecule has 1 N–H and O–H groups in total. The smallest absolute Gasteiger partial charge is 0.340 e. The van der Waals surface area contributed by atoms with E-state index >= 15 is 0 Å². The van der Waals surface area contributed by atoms with Crippen LogP contribution in [0.5, 0.6) is 11.5 Å². The van der Waals surface area contributed by atoms with Crippen LogP contribution < -0.4 is 14.4 Å². The second-order valence-electron chi connectivity index (χ2n) is 7.93. The van der Waals surface area contributed by atoms with Crippen LogP contribution in [0.3, 0.4) is 0 Å². The molecule has 0 radical (unpaired) electrons. The first-order valence-corrected chi connectivity index (χ1v) is 12.1. The zero-order valence-electron chi connectivity index (χ0n) is 20.7.